The van der Waals surface area contributed by atoms with E-state index in [1.54, 1.807) is 13.2 Å². The highest BCUT2D eigenvalue weighted by atomic mass is 16.3. The standard InChI is InChI=1S/C17H25N7O2/c1-3-18-17(24-10-8-23(9-11-24)13(2)25)19-7-6-15-20-16(22-21-15)14-5-4-12-26-14/h4-5,12H,3,6-11H2,1-2H3,(H,18,19)(H,20,21,22). The van der Waals surface area contributed by atoms with Crippen LogP contribution >= 0.6 is 0 Å². The van der Waals surface area contributed by atoms with Crippen molar-refractivity contribution in [3.05, 3.63) is 24.2 Å². The molecule has 1 fully saturated rings. The molecule has 1 aliphatic heterocycles. The zero-order chi connectivity index (χ0) is 18.4. The minimum atomic E-state index is 0.129. The van der Waals surface area contributed by atoms with E-state index in [9.17, 15) is 4.79 Å². The summed E-state index contributed by atoms with van der Waals surface area (Å²) in [6, 6.07) is 3.64. The fourth-order valence-corrected chi connectivity index (χ4v) is 2.85. The topological polar surface area (TPSA) is 103 Å². The SMILES string of the molecule is CCNC(=NCCc1nc(-c2ccco2)n[nH]1)N1CCN(C(C)=O)CC1. The first-order chi connectivity index (χ1) is 12.7. The minimum Gasteiger partial charge on any atom is -0.461 e. The van der Waals surface area contributed by atoms with Crippen LogP contribution in [0.5, 0.6) is 0 Å². The lowest BCUT2D eigenvalue weighted by Gasteiger charge is -2.36. The maximum atomic E-state index is 11.5. The van der Waals surface area contributed by atoms with Gasteiger partial charge in [-0.3, -0.25) is 14.9 Å². The molecule has 2 aromatic heterocycles. The Morgan fingerprint density at radius 1 is 1.35 bits per heavy atom. The summed E-state index contributed by atoms with van der Waals surface area (Å²) in [7, 11) is 0. The number of aromatic amines is 1. The van der Waals surface area contributed by atoms with Crippen molar-refractivity contribution in [3.63, 3.8) is 0 Å². The Labute approximate surface area is 152 Å². The van der Waals surface area contributed by atoms with Crippen molar-refractivity contribution in [2.45, 2.75) is 20.3 Å². The minimum absolute atomic E-state index is 0.129. The predicted octanol–water partition coefficient (Wildman–Crippen LogP) is 0.737. The molecule has 140 valence electrons. The number of nitrogens with one attached hydrogen (secondary N) is 2. The molecule has 0 bridgehead atoms. The van der Waals surface area contributed by atoms with E-state index >= 15 is 0 Å². The number of furan rings is 1. The van der Waals surface area contributed by atoms with Crippen LogP contribution in [0.2, 0.25) is 0 Å². The first kappa shape index (κ1) is 18.0. The zero-order valence-corrected chi connectivity index (χ0v) is 15.2. The molecule has 0 aromatic carbocycles. The molecule has 1 saturated heterocycles. The highest BCUT2D eigenvalue weighted by molar-refractivity contribution is 5.80. The first-order valence-corrected chi connectivity index (χ1v) is 8.91. The molecule has 1 aliphatic rings. The molecule has 0 unspecified atom stereocenters. The summed E-state index contributed by atoms with van der Waals surface area (Å²) in [4.78, 5) is 24.6. The van der Waals surface area contributed by atoms with Gasteiger partial charge in [-0.05, 0) is 19.1 Å². The van der Waals surface area contributed by atoms with Crippen molar-refractivity contribution in [1.82, 2.24) is 30.3 Å². The number of piperazine rings is 1. The number of carbonyl (C=O) groups excluding carboxylic acids is 1. The predicted molar refractivity (Wildman–Crippen MR) is 97.6 cm³/mol. The summed E-state index contributed by atoms with van der Waals surface area (Å²) < 4.78 is 5.30. The van der Waals surface area contributed by atoms with Gasteiger partial charge < -0.3 is 19.5 Å². The molecule has 3 rings (SSSR count). The Balaban J connectivity index is 1.55. The van der Waals surface area contributed by atoms with Gasteiger partial charge in [-0.2, -0.15) is 5.10 Å². The molecule has 3 heterocycles. The molecule has 26 heavy (non-hydrogen) atoms. The van der Waals surface area contributed by atoms with Gasteiger partial charge in [0.25, 0.3) is 0 Å². The normalized spacial score (nSPS) is 15.4. The van der Waals surface area contributed by atoms with Crippen LogP contribution < -0.4 is 5.32 Å². The van der Waals surface area contributed by atoms with Crippen LogP contribution in [0.1, 0.15) is 19.7 Å². The molecule has 0 radical (unpaired) electrons. The monoisotopic (exact) mass is 359 g/mol. The van der Waals surface area contributed by atoms with Crippen molar-refractivity contribution < 1.29 is 9.21 Å². The number of H-pyrrole nitrogens is 1. The maximum absolute atomic E-state index is 11.5. The van der Waals surface area contributed by atoms with Crippen molar-refractivity contribution in [2.24, 2.45) is 4.99 Å². The van der Waals surface area contributed by atoms with E-state index < -0.39 is 0 Å². The van der Waals surface area contributed by atoms with Gasteiger partial charge in [0.2, 0.25) is 11.7 Å². The van der Waals surface area contributed by atoms with Gasteiger partial charge in [0, 0.05) is 52.6 Å². The van der Waals surface area contributed by atoms with Crippen LogP contribution in [0.4, 0.5) is 0 Å². The van der Waals surface area contributed by atoms with Gasteiger partial charge in [0.05, 0.1) is 6.26 Å². The van der Waals surface area contributed by atoms with Crippen LogP contribution in [-0.2, 0) is 11.2 Å². The summed E-state index contributed by atoms with van der Waals surface area (Å²) in [6.45, 7) is 8.10. The number of hydrogen-bond acceptors (Lipinski definition) is 5. The van der Waals surface area contributed by atoms with Crippen LogP contribution in [0, 0.1) is 0 Å². The summed E-state index contributed by atoms with van der Waals surface area (Å²) in [6.07, 6.45) is 2.26. The number of amides is 1. The van der Waals surface area contributed by atoms with Gasteiger partial charge >= 0.3 is 0 Å². The highest BCUT2D eigenvalue weighted by Gasteiger charge is 2.20. The summed E-state index contributed by atoms with van der Waals surface area (Å²) >= 11 is 0. The molecular formula is C17H25N7O2. The number of hydrogen-bond donors (Lipinski definition) is 2. The molecule has 0 atom stereocenters. The Hall–Kier alpha value is -2.84. The fourth-order valence-electron chi connectivity index (χ4n) is 2.85. The van der Waals surface area contributed by atoms with E-state index in [0.29, 0.717) is 24.6 Å². The fraction of sp³-hybridized carbons (Fsp3) is 0.529. The second-order valence-corrected chi connectivity index (χ2v) is 6.06. The second kappa shape index (κ2) is 8.50. The van der Waals surface area contributed by atoms with Crippen LogP contribution in [0.15, 0.2) is 27.8 Å². The number of carbonyl (C=O) groups is 1. The molecule has 1 amide bonds. The average Bonchev–Trinajstić information content (AvgIpc) is 3.32. The quantitative estimate of drug-likeness (QED) is 0.603. The van der Waals surface area contributed by atoms with E-state index in [4.69, 9.17) is 9.41 Å². The van der Waals surface area contributed by atoms with Crippen molar-refractivity contribution >= 4 is 11.9 Å². The first-order valence-electron chi connectivity index (χ1n) is 8.91. The van der Waals surface area contributed by atoms with Gasteiger partial charge in [0.15, 0.2) is 11.7 Å². The van der Waals surface area contributed by atoms with Gasteiger partial charge in [-0.1, -0.05) is 0 Å². The Morgan fingerprint density at radius 3 is 2.77 bits per heavy atom. The van der Waals surface area contributed by atoms with Gasteiger partial charge in [-0.15, -0.1) is 0 Å². The zero-order valence-electron chi connectivity index (χ0n) is 15.2. The van der Waals surface area contributed by atoms with Crippen molar-refractivity contribution in [1.29, 1.82) is 0 Å². The third-order valence-electron chi connectivity index (χ3n) is 4.24. The van der Waals surface area contributed by atoms with Gasteiger partial charge in [-0.25, -0.2) is 4.98 Å². The van der Waals surface area contributed by atoms with Crippen molar-refractivity contribution in [3.8, 4) is 11.6 Å². The Kier molecular flexibility index (Phi) is 5.88. The highest BCUT2D eigenvalue weighted by Crippen LogP contribution is 2.14. The Bertz CT molecular complexity index is 730. The number of aliphatic imine (C=N–C) groups is 1. The average molecular weight is 359 g/mol. The lowest BCUT2D eigenvalue weighted by molar-refractivity contribution is -0.130. The van der Waals surface area contributed by atoms with E-state index in [1.165, 1.54) is 0 Å². The van der Waals surface area contributed by atoms with Crippen LogP contribution in [0.25, 0.3) is 11.6 Å². The van der Waals surface area contributed by atoms with E-state index in [1.807, 2.05) is 24.0 Å². The number of rotatable bonds is 5. The van der Waals surface area contributed by atoms with Crippen molar-refractivity contribution in [2.75, 3.05) is 39.3 Å². The molecule has 9 nitrogen and oxygen atoms in total. The molecule has 0 saturated carbocycles. The number of aromatic nitrogens is 3. The van der Waals surface area contributed by atoms with E-state index in [2.05, 4.69) is 25.4 Å². The Morgan fingerprint density at radius 2 is 2.12 bits per heavy atom. The molecular weight excluding hydrogens is 334 g/mol. The third kappa shape index (κ3) is 4.41. The second-order valence-electron chi connectivity index (χ2n) is 6.06. The van der Waals surface area contributed by atoms with E-state index in [-0.39, 0.29) is 5.91 Å². The largest absolute Gasteiger partial charge is 0.461 e. The maximum Gasteiger partial charge on any atom is 0.219 e. The smallest absolute Gasteiger partial charge is 0.219 e. The van der Waals surface area contributed by atoms with Crippen LogP contribution in [0.3, 0.4) is 0 Å². The molecule has 0 aliphatic carbocycles. The van der Waals surface area contributed by atoms with E-state index in [0.717, 1.165) is 44.5 Å². The molecule has 2 aromatic rings. The number of guanidine groups is 1. The molecule has 2 N–H and O–H groups in total. The lowest BCUT2D eigenvalue weighted by atomic mass is 10.3. The molecule has 0 spiro atoms. The summed E-state index contributed by atoms with van der Waals surface area (Å²) in [5.74, 6) is 2.98. The summed E-state index contributed by atoms with van der Waals surface area (Å²) in [5, 5.41) is 10.4. The lowest BCUT2D eigenvalue weighted by Crippen LogP contribution is -2.53. The molecule has 9 heteroatoms. The summed E-state index contributed by atoms with van der Waals surface area (Å²) in [5.41, 5.74) is 0. The third-order valence-corrected chi connectivity index (χ3v) is 4.24. The van der Waals surface area contributed by atoms with Gasteiger partial charge in [0.1, 0.15) is 5.82 Å². The number of nitrogens with zero attached hydrogens (tertiary/aromatic N) is 5. The van der Waals surface area contributed by atoms with Crippen LogP contribution in [-0.4, -0.2) is 76.1 Å².